The van der Waals surface area contributed by atoms with Crippen molar-refractivity contribution in [3.63, 3.8) is 0 Å². The summed E-state index contributed by atoms with van der Waals surface area (Å²) < 4.78 is 38.7. The summed E-state index contributed by atoms with van der Waals surface area (Å²) in [7, 11) is 0. The van der Waals surface area contributed by atoms with Crippen LogP contribution in [0.25, 0.3) is 0 Å². The van der Waals surface area contributed by atoms with Crippen LogP contribution in [0.3, 0.4) is 0 Å². The van der Waals surface area contributed by atoms with Crippen molar-refractivity contribution in [1.82, 2.24) is 0 Å². The van der Waals surface area contributed by atoms with E-state index in [1.165, 1.54) is 31.2 Å². The van der Waals surface area contributed by atoms with Crippen LogP contribution in [0.1, 0.15) is 18.9 Å². The van der Waals surface area contributed by atoms with Gasteiger partial charge in [0.25, 0.3) is 0 Å². The minimum absolute atomic E-state index is 0.0326. The molecule has 1 aromatic carbocycles. The van der Waals surface area contributed by atoms with E-state index in [0.717, 1.165) is 0 Å². The Bertz CT molecular complexity index is 339. The summed E-state index contributed by atoms with van der Waals surface area (Å²) in [4.78, 5) is 0. The molecule has 1 rings (SSSR count). The van der Waals surface area contributed by atoms with Gasteiger partial charge in [-0.15, -0.1) is 0 Å². The lowest BCUT2D eigenvalue weighted by Gasteiger charge is -2.35. The second-order valence-corrected chi connectivity index (χ2v) is 3.64. The molecule has 0 aliphatic heterocycles. The van der Waals surface area contributed by atoms with Gasteiger partial charge in [0.1, 0.15) is 0 Å². The quantitative estimate of drug-likeness (QED) is 0.840. The maximum Gasteiger partial charge on any atom is 0.422 e. The highest BCUT2D eigenvalue weighted by Crippen LogP contribution is 2.41. The zero-order valence-electron chi connectivity index (χ0n) is 8.83. The molecule has 2 nitrogen and oxygen atoms in total. The molecule has 0 bridgehead atoms. The third-order valence-electron chi connectivity index (χ3n) is 2.62. The number of hydrogen-bond donors (Lipinski definition) is 2. The summed E-state index contributed by atoms with van der Waals surface area (Å²) in [6, 6.07) is 5.53. The normalized spacial score (nSPS) is 17.9. The molecule has 1 aromatic rings. The molecule has 0 saturated heterocycles. The molecule has 16 heavy (non-hydrogen) atoms. The van der Waals surface area contributed by atoms with Gasteiger partial charge in [0.2, 0.25) is 5.60 Å². The molecule has 2 unspecified atom stereocenters. The first kappa shape index (κ1) is 13.0. The van der Waals surface area contributed by atoms with Crippen molar-refractivity contribution in [2.45, 2.75) is 31.2 Å². The largest absolute Gasteiger partial charge is 0.422 e. The molecular weight excluding hydrogens is 219 g/mol. The van der Waals surface area contributed by atoms with Gasteiger partial charge in [-0.3, -0.25) is 0 Å². The van der Waals surface area contributed by atoms with Gasteiger partial charge in [0.15, 0.2) is 0 Å². The Labute approximate surface area is 91.9 Å². The van der Waals surface area contributed by atoms with Crippen LogP contribution in [0.5, 0.6) is 0 Å². The highest BCUT2D eigenvalue weighted by atomic mass is 19.4. The molecule has 0 spiro atoms. The molecule has 0 aliphatic rings. The minimum Gasteiger partial charge on any atom is -0.375 e. The van der Waals surface area contributed by atoms with Crippen LogP contribution >= 0.6 is 0 Å². The van der Waals surface area contributed by atoms with Gasteiger partial charge in [0, 0.05) is 6.04 Å². The van der Waals surface area contributed by atoms with E-state index in [-0.39, 0.29) is 12.0 Å². The number of aliphatic hydroxyl groups is 1. The van der Waals surface area contributed by atoms with Gasteiger partial charge in [-0.25, -0.2) is 0 Å². The molecule has 3 N–H and O–H groups in total. The molecule has 90 valence electrons. The van der Waals surface area contributed by atoms with Gasteiger partial charge in [-0.2, -0.15) is 13.2 Å². The Hall–Kier alpha value is -1.07. The summed E-state index contributed by atoms with van der Waals surface area (Å²) in [6.45, 7) is 1.50. The fourth-order valence-electron chi connectivity index (χ4n) is 1.58. The standard InChI is InChI=1S/C11H14F3NO/c1-2-9(15)10(16,11(12,13)14)8-6-4-3-5-7-8/h3-7,9,16H,2,15H2,1H3. The lowest BCUT2D eigenvalue weighted by atomic mass is 9.85. The van der Waals surface area contributed by atoms with Crippen molar-refractivity contribution in [1.29, 1.82) is 0 Å². The lowest BCUT2D eigenvalue weighted by Crippen LogP contribution is -2.55. The Morgan fingerprint density at radius 1 is 1.25 bits per heavy atom. The molecule has 0 fully saturated rings. The maximum absolute atomic E-state index is 12.9. The number of nitrogens with two attached hydrogens (primary N) is 1. The predicted octanol–water partition coefficient (Wildman–Crippen LogP) is 2.17. The molecule has 5 heteroatoms. The number of hydrogen-bond acceptors (Lipinski definition) is 2. The zero-order chi connectivity index (χ0) is 12.4. The van der Waals surface area contributed by atoms with Crippen LogP contribution in [0.15, 0.2) is 30.3 Å². The number of benzene rings is 1. The smallest absolute Gasteiger partial charge is 0.375 e. The fraction of sp³-hybridized carbons (Fsp3) is 0.455. The van der Waals surface area contributed by atoms with Crippen molar-refractivity contribution in [2.24, 2.45) is 5.73 Å². The monoisotopic (exact) mass is 233 g/mol. The molecule has 2 atom stereocenters. The fourth-order valence-corrected chi connectivity index (χ4v) is 1.58. The molecule has 0 aromatic heterocycles. The van der Waals surface area contributed by atoms with Crippen LogP contribution < -0.4 is 5.73 Å². The Morgan fingerprint density at radius 3 is 2.12 bits per heavy atom. The lowest BCUT2D eigenvalue weighted by molar-refractivity contribution is -0.274. The van der Waals surface area contributed by atoms with E-state index in [1.807, 2.05) is 0 Å². The van der Waals surface area contributed by atoms with E-state index in [4.69, 9.17) is 5.73 Å². The van der Waals surface area contributed by atoms with E-state index in [9.17, 15) is 18.3 Å². The average molecular weight is 233 g/mol. The molecule has 0 saturated carbocycles. The summed E-state index contributed by atoms with van der Waals surface area (Å²) in [5, 5.41) is 9.84. The molecule has 0 radical (unpaired) electrons. The zero-order valence-corrected chi connectivity index (χ0v) is 8.83. The summed E-state index contributed by atoms with van der Waals surface area (Å²) >= 11 is 0. The summed E-state index contributed by atoms with van der Waals surface area (Å²) in [6.07, 6.45) is -4.76. The van der Waals surface area contributed by atoms with E-state index in [0.29, 0.717) is 0 Å². The highest BCUT2D eigenvalue weighted by molar-refractivity contribution is 5.26. The molecule has 0 aliphatic carbocycles. The van der Waals surface area contributed by atoms with E-state index >= 15 is 0 Å². The Morgan fingerprint density at radius 2 is 1.75 bits per heavy atom. The first-order chi connectivity index (χ1) is 7.34. The van der Waals surface area contributed by atoms with Crippen LogP contribution in [0, 0.1) is 0 Å². The molecule has 0 heterocycles. The summed E-state index contributed by atoms with van der Waals surface area (Å²) in [5.41, 5.74) is 2.19. The maximum atomic E-state index is 12.9. The van der Waals surface area contributed by atoms with Crippen molar-refractivity contribution in [3.8, 4) is 0 Å². The van der Waals surface area contributed by atoms with E-state index in [1.54, 1.807) is 6.07 Å². The Balaban J connectivity index is 3.26. The SMILES string of the molecule is CCC(N)C(O)(c1ccccc1)C(F)(F)F. The number of alkyl halides is 3. The molecule has 0 amide bonds. The molecular formula is C11H14F3NO. The van der Waals surface area contributed by atoms with Crippen molar-refractivity contribution in [3.05, 3.63) is 35.9 Å². The minimum atomic E-state index is -4.79. The number of rotatable bonds is 3. The van der Waals surface area contributed by atoms with Crippen LogP contribution in [0.4, 0.5) is 13.2 Å². The van der Waals surface area contributed by atoms with Gasteiger partial charge in [-0.1, -0.05) is 37.3 Å². The van der Waals surface area contributed by atoms with Crippen molar-refractivity contribution >= 4 is 0 Å². The summed E-state index contributed by atoms with van der Waals surface area (Å²) in [5.74, 6) is 0. The topological polar surface area (TPSA) is 46.2 Å². The van der Waals surface area contributed by atoms with Gasteiger partial charge < -0.3 is 10.8 Å². The number of halogens is 3. The van der Waals surface area contributed by atoms with Crippen LogP contribution in [-0.2, 0) is 5.60 Å². The van der Waals surface area contributed by atoms with Crippen LogP contribution in [-0.4, -0.2) is 17.3 Å². The van der Waals surface area contributed by atoms with Gasteiger partial charge in [-0.05, 0) is 12.0 Å². The van der Waals surface area contributed by atoms with Gasteiger partial charge >= 0.3 is 6.18 Å². The second kappa shape index (κ2) is 4.43. The van der Waals surface area contributed by atoms with Crippen LogP contribution in [0.2, 0.25) is 0 Å². The van der Waals surface area contributed by atoms with Crippen molar-refractivity contribution < 1.29 is 18.3 Å². The average Bonchev–Trinajstić information content (AvgIpc) is 2.26. The Kier molecular flexibility index (Phi) is 3.60. The highest BCUT2D eigenvalue weighted by Gasteiger charge is 2.58. The van der Waals surface area contributed by atoms with E-state index in [2.05, 4.69) is 0 Å². The first-order valence-electron chi connectivity index (χ1n) is 4.94. The third-order valence-corrected chi connectivity index (χ3v) is 2.62. The predicted molar refractivity (Wildman–Crippen MR) is 54.7 cm³/mol. The van der Waals surface area contributed by atoms with Gasteiger partial charge in [0.05, 0.1) is 0 Å². The second-order valence-electron chi connectivity index (χ2n) is 3.64. The third kappa shape index (κ3) is 2.05. The first-order valence-corrected chi connectivity index (χ1v) is 4.94. The van der Waals surface area contributed by atoms with E-state index < -0.39 is 17.8 Å². The van der Waals surface area contributed by atoms with Crippen molar-refractivity contribution in [2.75, 3.05) is 0 Å².